The Kier molecular flexibility index (Phi) is 4.40. The molecule has 1 saturated heterocycles. The smallest absolute Gasteiger partial charge is 0.277 e. The molecular weight excluding hydrogens is 364 g/mol. The summed E-state index contributed by atoms with van der Waals surface area (Å²) in [5.74, 6) is 0.198. The first kappa shape index (κ1) is 17.4. The lowest BCUT2D eigenvalue weighted by Crippen LogP contribution is -2.17. The lowest BCUT2D eigenvalue weighted by atomic mass is 10.0. The zero-order valence-electron chi connectivity index (χ0n) is 15.8. The van der Waals surface area contributed by atoms with Gasteiger partial charge in [-0.05, 0) is 48.7 Å². The molecule has 0 bridgehead atoms. The Bertz CT molecular complexity index is 1160. The number of nitrogens with one attached hydrogen (secondary N) is 2. The van der Waals surface area contributed by atoms with E-state index in [1.54, 1.807) is 18.3 Å². The number of nitrogens with zero attached hydrogens (tertiary/aromatic N) is 4. The molecule has 0 atom stereocenters. The van der Waals surface area contributed by atoms with Crippen LogP contribution in [0.3, 0.4) is 0 Å². The molecule has 4 aromatic rings. The Hall–Kier alpha value is -3.74. The molecule has 1 aliphatic heterocycles. The second kappa shape index (κ2) is 7.35. The van der Waals surface area contributed by atoms with Crippen molar-refractivity contribution in [2.45, 2.75) is 12.8 Å². The fourth-order valence-electron chi connectivity index (χ4n) is 3.71. The van der Waals surface area contributed by atoms with Gasteiger partial charge in [-0.15, -0.1) is 0 Å². The first-order chi connectivity index (χ1) is 14.3. The van der Waals surface area contributed by atoms with Crippen molar-refractivity contribution in [3.63, 3.8) is 0 Å². The molecule has 1 fully saturated rings. The number of carbonyl (C=O) groups excluding carboxylic acids is 1. The van der Waals surface area contributed by atoms with Crippen molar-refractivity contribution in [2.75, 3.05) is 23.3 Å². The van der Waals surface area contributed by atoms with Gasteiger partial charge in [0.25, 0.3) is 5.91 Å². The number of aromatic nitrogens is 4. The van der Waals surface area contributed by atoms with Gasteiger partial charge < -0.3 is 10.2 Å². The molecule has 5 rings (SSSR count). The van der Waals surface area contributed by atoms with E-state index >= 15 is 0 Å². The van der Waals surface area contributed by atoms with Gasteiger partial charge >= 0.3 is 0 Å². The van der Waals surface area contributed by atoms with Crippen LogP contribution in [0.5, 0.6) is 0 Å². The Balaban J connectivity index is 1.48. The SMILES string of the molecule is O=C(Nc1ccccn1)c1n[nH]c2ccc(-c3cncc(N4CCCC4)c3)cc12. The number of benzene rings is 1. The summed E-state index contributed by atoms with van der Waals surface area (Å²) in [4.78, 5) is 23.6. The van der Waals surface area contributed by atoms with Crippen LogP contribution in [0, 0.1) is 0 Å². The number of H-pyrrole nitrogens is 1. The Labute approximate surface area is 167 Å². The molecule has 7 heteroatoms. The van der Waals surface area contributed by atoms with E-state index in [9.17, 15) is 4.79 Å². The van der Waals surface area contributed by atoms with Crippen molar-refractivity contribution >= 4 is 28.3 Å². The summed E-state index contributed by atoms with van der Waals surface area (Å²) >= 11 is 0. The van der Waals surface area contributed by atoms with Gasteiger partial charge in [-0.3, -0.25) is 14.9 Å². The molecule has 0 radical (unpaired) electrons. The number of hydrogen-bond donors (Lipinski definition) is 2. The van der Waals surface area contributed by atoms with E-state index < -0.39 is 0 Å². The van der Waals surface area contributed by atoms with Crippen LogP contribution in [0.1, 0.15) is 23.3 Å². The van der Waals surface area contributed by atoms with Gasteiger partial charge in [0, 0.05) is 36.4 Å². The van der Waals surface area contributed by atoms with Crippen LogP contribution < -0.4 is 10.2 Å². The highest BCUT2D eigenvalue weighted by Crippen LogP contribution is 2.29. The highest BCUT2D eigenvalue weighted by atomic mass is 16.2. The molecule has 3 aromatic heterocycles. The number of pyridine rings is 2. The highest BCUT2D eigenvalue weighted by molar-refractivity contribution is 6.11. The average molecular weight is 384 g/mol. The molecule has 1 aromatic carbocycles. The Morgan fingerprint density at radius 3 is 2.76 bits per heavy atom. The third-order valence-corrected chi connectivity index (χ3v) is 5.21. The summed E-state index contributed by atoms with van der Waals surface area (Å²) in [6.45, 7) is 2.15. The van der Waals surface area contributed by atoms with Crippen molar-refractivity contribution in [2.24, 2.45) is 0 Å². The maximum absolute atomic E-state index is 12.7. The minimum Gasteiger partial charge on any atom is -0.370 e. The third kappa shape index (κ3) is 3.42. The average Bonchev–Trinajstić information content (AvgIpc) is 3.44. The first-order valence-electron chi connectivity index (χ1n) is 9.69. The molecule has 7 nitrogen and oxygen atoms in total. The number of anilines is 2. The highest BCUT2D eigenvalue weighted by Gasteiger charge is 2.17. The standard InChI is InChI=1S/C22H20N6O/c29-22(25-20-5-1-2-8-24-20)21-18-12-15(6-7-19(18)26-27-21)16-11-17(14-23-13-16)28-9-3-4-10-28/h1-2,5-8,11-14H,3-4,9-10H2,(H,26,27)(H,24,25,29). The molecule has 4 heterocycles. The van der Waals surface area contributed by atoms with Crippen LogP contribution in [-0.2, 0) is 0 Å². The van der Waals surface area contributed by atoms with Crippen LogP contribution in [0.4, 0.5) is 11.5 Å². The van der Waals surface area contributed by atoms with Gasteiger partial charge in [-0.2, -0.15) is 5.10 Å². The quantitative estimate of drug-likeness (QED) is 0.558. The predicted molar refractivity (Wildman–Crippen MR) is 113 cm³/mol. The van der Waals surface area contributed by atoms with Gasteiger partial charge in [0.15, 0.2) is 5.69 Å². The number of hydrogen-bond acceptors (Lipinski definition) is 5. The molecule has 0 aliphatic carbocycles. The second-order valence-corrected chi connectivity index (χ2v) is 7.13. The lowest BCUT2D eigenvalue weighted by Gasteiger charge is -2.17. The topological polar surface area (TPSA) is 86.8 Å². The third-order valence-electron chi connectivity index (χ3n) is 5.21. The molecule has 29 heavy (non-hydrogen) atoms. The number of carbonyl (C=O) groups is 1. The number of rotatable bonds is 4. The van der Waals surface area contributed by atoms with Gasteiger partial charge in [0.1, 0.15) is 5.82 Å². The summed E-state index contributed by atoms with van der Waals surface area (Å²) in [6, 6.07) is 13.5. The van der Waals surface area contributed by atoms with Crippen LogP contribution >= 0.6 is 0 Å². The van der Waals surface area contributed by atoms with Crippen LogP contribution in [0.25, 0.3) is 22.0 Å². The summed E-state index contributed by atoms with van der Waals surface area (Å²) in [7, 11) is 0. The van der Waals surface area contributed by atoms with Crippen LogP contribution in [-0.4, -0.2) is 39.2 Å². The molecule has 0 unspecified atom stereocenters. The molecule has 2 N–H and O–H groups in total. The van der Waals surface area contributed by atoms with Crippen molar-refractivity contribution in [3.05, 3.63) is 66.7 Å². The molecular formula is C22H20N6O. The maximum Gasteiger partial charge on any atom is 0.277 e. The molecule has 144 valence electrons. The molecule has 1 amide bonds. The first-order valence-corrected chi connectivity index (χ1v) is 9.69. The monoisotopic (exact) mass is 384 g/mol. The van der Waals surface area contributed by atoms with Gasteiger partial charge in [0.2, 0.25) is 0 Å². The van der Waals surface area contributed by atoms with E-state index in [2.05, 4.69) is 36.4 Å². The number of fused-ring (bicyclic) bond motifs is 1. The minimum atomic E-state index is -0.295. The minimum absolute atomic E-state index is 0.295. The summed E-state index contributed by atoms with van der Waals surface area (Å²) < 4.78 is 0. The van der Waals surface area contributed by atoms with Crippen LogP contribution in [0.15, 0.2) is 61.1 Å². The molecule has 0 spiro atoms. The van der Waals surface area contributed by atoms with Crippen molar-refractivity contribution < 1.29 is 4.79 Å². The van der Waals surface area contributed by atoms with E-state index in [0.717, 1.165) is 40.8 Å². The molecule has 0 saturated carbocycles. The zero-order valence-corrected chi connectivity index (χ0v) is 15.8. The maximum atomic E-state index is 12.7. The molecule has 1 aliphatic rings. The predicted octanol–water partition coefficient (Wildman–Crippen LogP) is 3.87. The zero-order chi connectivity index (χ0) is 19.6. The van der Waals surface area contributed by atoms with Crippen molar-refractivity contribution in [3.8, 4) is 11.1 Å². The van der Waals surface area contributed by atoms with E-state index in [-0.39, 0.29) is 5.91 Å². The van der Waals surface area contributed by atoms with Crippen molar-refractivity contribution in [1.29, 1.82) is 0 Å². The summed E-state index contributed by atoms with van der Waals surface area (Å²) in [5.41, 5.74) is 4.31. The summed E-state index contributed by atoms with van der Waals surface area (Å²) in [5, 5.41) is 10.7. The van der Waals surface area contributed by atoms with E-state index in [4.69, 9.17) is 0 Å². The number of amides is 1. The second-order valence-electron chi connectivity index (χ2n) is 7.13. The fraction of sp³-hybridized carbons (Fsp3) is 0.182. The number of aromatic amines is 1. The lowest BCUT2D eigenvalue weighted by molar-refractivity contribution is 0.102. The van der Waals surface area contributed by atoms with Gasteiger partial charge in [-0.25, -0.2) is 4.98 Å². The fourth-order valence-corrected chi connectivity index (χ4v) is 3.71. The van der Waals surface area contributed by atoms with E-state index in [0.29, 0.717) is 11.5 Å². The Morgan fingerprint density at radius 2 is 1.93 bits per heavy atom. The van der Waals surface area contributed by atoms with E-state index in [1.807, 2.05) is 36.7 Å². The van der Waals surface area contributed by atoms with Gasteiger partial charge in [-0.1, -0.05) is 12.1 Å². The van der Waals surface area contributed by atoms with Gasteiger partial charge in [0.05, 0.1) is 17.4 Å². The van der Waals surface area contributed by atoms with E-state index in [1.165, 1.54) is 12.8 Å². The van der Waals surface area contributed by atoms with Crippen molar-refractivity contribution in [1.82, 2.24) is 20.2 Å². The summed E-state index contributed by atoms with van der Waals surface area (Å²) in [6.07, 6.45) is 7.85. The van der Waals surface area contributed by atoms with Crippen LogP contribution in [0.2, 0.25) is 0 Å². The Morgan fingerprint density at radius 1 is 1.03 bits per heavy atom. The largest absolute Gasteiger partial charge is 0.370 e. The normalized spacial score (nSPS) is 13.7.